The van der Waals surface area contributed by atoms with Gasteiger partial charge in [-0.25, -0.2) is 0 Å². The topological polar surface area (TPSA) is 81.2 Å². The largest absolute Gasteiger partial charge is 0.310 e. The van der Waals surface area contributed by atoms with E-state index in [2.05, 4.69) is 118 Å². The minimum atomic E-state index is 0.215. The van der Waals surface area contributed by atoms with E-state index in [1.165, 1.54) is 0 Å². The standard InChI is InChI=1S/C46H29N5/c47-27-31-16-22-45-41(24-31)40-9-3-4-10-42(40)50(45)36-19-13-30(14-20-36)23-35-26-33(17-18-34(35)29-49)37-21-15-32(28-48)25-46(37)51-43-11-5-1-7-38(43)39-8-2-6-12-44(39)51/h1-13,15-22,24-26,30H,14,23H2. The second-order valence-corrected chi connectivity index (χ2v) is 13.1. The van der Waals surface area contributed by atoms with Crippen LogP contribution in [0.4, 0.5) is 0 Å². The molecule has 1 unspecified atom stereocenters. The predicted molar refractivity (Wildman–Crippen MR) is 205 cm³/mol. The highest BCUT2D eigenvalue weighted by Crippen LogP contribution is 2.38. The van der Waals surface area contributed by atoms with E-state index in [-0.39, 0.29) is 5.92 Å². The van der Waals surface area contributed by atoms with Crippen LogP contribution in [0.5, 0.6) is 0 Å². The van der Waals surface area contributed by atoms with Crippen LogP contribution in [0.15, 0.2) is 146 Å². The van der Waals surface area contributed by atoms with Crippen LogP contribution in [-0.4, -0.2) is 9.13 Å². The number of fused-ring (bicyclic) bond motifs is 6. The van der Waals surface area contributed by atoms with Gasteiger partial charge in [0.15, 0.2) is 0 Å². The summed E-state index contributed by atoms with van der Waals surface area (Å²) < 4.78 is 4.53. The molecule has 5 nitrogen and oxygen atoms in total. The second-order valence-electron chi connectivity index (χ2n) is 13.1. The molecule has 0 saturated heterocycles. The van der Waals surface area contributed by atoms with E-state index in [0.29, 0.717) is 16.7 Å². The minimum Gasteiger partial charge on any atom is -0.310 e. The average molecular weight is 652 g/mol. The van der Waals surface area contributed by atoms with Crippen molar-refractivity contribution in [2.24, 2.45) is 5.92 Å². The van der Waals surface area contributed by atoms with Crippen LogP contribution in [0.3, 0.4) is 0 Å². The summed E-state index contributed by atoms with van der Waals surface area (Å²) in [5.41, 5.74) is 11.3. The fourth-order valence-electron chi connectivity index (χ4n) is 7.83. The molecule has 2 heterocycles. The Bertz CT molecular complexity index is 2860. The number of para-hydroxylation sites is 3. The average Bonchev–Trinajstić information content (AvgIpc) is 3.70. The zero-order chi connectivity index (χ0) is 34.5. The lowest BCUT2D eigenvalue weighted by Gasteiger charge is -2.20. The van der Waals surface area contributed by atoms with Crippen molar-refractivity contribution in [3.05, 3.63) is 168 Å². The van der Waals surface area contributed by atoms with Gasteiger partial charge >= 0.3 is 0 Å². The molecule has 6 aromatic carbocycles. The Kier molecular flexibility index (Phi) is 7.10. The molecule has 0 aliphatic heterocycles. The van der Waals surface area contributed by atoms with E-state index in [1.807, 2.05) is 54.6 Å². The van der Waals surface area contributed by atoms with Crippen molar-refractivity contribution in [2.45, 2.75) is 12.8 Å². The zero-order valence-corrected chi connectivity index (χ0v) is 27.6. The quantitative estimate of drug-likeness (QED) is 0.186. The number of allylic oxidation sites excluding steroid dienone is 4. The molecule has 51 heavy (non-hydrogen) atoms. The van der Waals surface area contributed by atoms with Gasteiger partial charge in [-0.05, 0) is 96.6 Å². The number of nitrogens with zero attached hydrogens (tertiary/aromatic N) is 5. The number of hydrogen-bond donors (Lipinski definition) is 0. The Morgan fingerprint density at radius 3 is 1.82 bits per heavy atom. The SMILES string of the molecule is N#Cc1ccc(-c2ccc(C#N)c(CC3C=CC(n4c5ccccc5c5cc(C#N)ccc54)=CC3)c2)c(-n2c3ccccc3c3ccccc32)c1. The number of rotatable bonds is 5. The lowest BCUT2D eigenvalue weighted by atomic mass is 9.88. The molecule has 0 bridgehead atoms. The van der Waals surface area contributed by atoms with Crippen molar-refractivity contribution in [1.82, 2.24) is 9.13 Å². The fourth-order valence-corrected chi connectivity index (χ4v) is 7.83. The summed E-state index contributed by atoms with van der Waals surface area (Å²) in [6.07, 6.45) is 8.28. The fraction of sp³-hybridized carbons (Fsp3) is 0.0652. The summed E-state index contributed by atoms with van der Waals surface area (Å²) in [5.74, 6) is 0.215. The van der Waals surface area contributed by atoms with Crippen LogP contribution in [0.1, 0.15) is 28.7 Å². The van der Waals surface area contributed by atoms with Gasteiger partial charge in [-0.3, -0.25) is 0 Å². The van der Waals surface area contributed by atoms with E-state index in [4.69, 9.17) is 0 Å². The first-order valence-corrected chi connectivity index (χ1v) is 17.0. The van der Waals surface area contributed by atoms with Crippen molar-refractivity contribution in [3.8, 4) is 35.0 Å². The summed E-state index contributed by atoms with van der Waals surface area (Å²) in [6, 6.07) is 50.0. The third-order valence-electron chi connectivity index (χ3n) is 10.2. The Labute approximate surface area is 295 Å². The smallest absolute Gasteiger partial charge is 0.0994 e. The molecule has 0 N–H and O–H groups in total. The highest BCUT2D eigenvalue weighted by atomic mass is 15.0. The van der Waals surface area contributed by atoms with E-state index >= 15 is 0 Å². The number of hydrogen-bond acceptors (Lipinski definition) is 3. The van der Waals surface area contributed by atoms with Gasteiger partial charge in [0.2, 0.25) is 0 Å². The van der Waals surface area contributed by atoms with E-state index in [1.54, 1.807) is 0 Å². The van der Waals surface area contributed by atoms with Gasteiger partial charge in [-0.2, -0.15) is 15.8 Å². The van der Waals surface area contributed by atoms with Crippen molar-refractivity contribution >= 4 is 49.3 Å². The van der Waals surface area contributed by atoms with Crippen LogP contribution in [-0.2, 0) is 6.42 Å². The molecular weight excluding hydrogens is 623 g/mol. The number of benzene rings is 6. The first kappa shape index (κ1) is 30.0. The van der Waals surface area contributed by atoms with Crippen LogP contribution < -0.4 is 0 Å². The van der Waals surface area contributed by atoms with E-state index in [0.717, 1.165) is 84.5 Å². The second kappa shape index (κ2) is 12.1. The Balaban J connectivity index is 1.09. The van der Waals surface area contributed by atoms with Crippen LogP contribution >= 0.6 is 0 Å². The van der Waals surface area contributed by atoms with Crippen LogP contribution in [0, 0.1) is 39.9 Å². The summed E-state index contributed by atoms with van der Waals surface area (Å²) >= 11 is 0. The van der Waals surface area contributed by atoms with Gasteiger partial charge in [-0.1, -0.05) is 78.9 Å². The van der Waals surface area contributed by atoms with Crippen molar-refractivity contribution in [3.63, 3.8) is 0 Å². The maximum Gasteiger partial charge on any atom is 0.0994 e. The molecule has 1 aliphatic carbocycles. The van der Waals surface area contributed by atoms with Crippen LogP contribution in [0.25, 0.3) is 66.1 Å². The van der Waals surface area contributed by atoms with Gasteiger partial charge in [0.05, 0.1) is 62.7 Å². The Morgan fingerprint density at radius 1 is 0.569 bits per heavy atom. The summed E-state index contributed by atoms with van der Waals surface area (Å²) in [5, 5.41) is 34.2. The normalized spacial score (nSPS) is 14.1. The molecule has 2 aromatic heterocycles. The molecule has 0 saturated carbocycles. The third-order valence-corrected chi connectivity index (χ3v) is 10.2. The maximum atomic E-state index is 10.2. The molecule has 0 spiro atoms. The lowest BCUT2D eigenvalue weighted by Crippen LogP contribution is -2.08. The Hall–Kier alpha value is -7.13. The monoisotopic (exact) mass is 651 g/mol. The number of nitriles is 3. The summed E-state index contributed by atoms with van der Waals surface area (Å²) in [4.78, 5) is 0. The van der Waals surface area contributed by atoms with Crippen molar-refractivity contribution in [2.75, 3.05) is 0 Å². The molecule has 238 valence electrons. The summed E-state index contributed by atoms with van der Waals surface area (Å²) in [6.45, 7) is 0. The molecule has 0 fully saturated rings. The lowest BCUT2D eigenvalue weighted by molar-refractivity contribution is 0.652. The first-order valence-electron chi connectivity index (χ1n) is 17.0. The first-order chi connectivity index (χ1) is 25.1. The third kappa shape index (κ3) is 4.90. The molecule has 0 amide bonds. The minimum absolute atomic E-state index is 0.215. The highest BCUT2D eigenvalue weighted by Gasteiger charge is 2.20. The molecule has 9 rings (SSSR count). The van der Waals surface area contributed by atoms with Gasteiger partial charge < -0.3 is 9.13 Å². The van der Waals surface area contributed by atoms with Gasteiger partial charge in [-0.15, -0.1) is 0 Å². The molecule has 8 aromatic rings. The van der Waals surface area contributed by atoms with Crippen molar-refractivity contribution < 1.29 is 0 Å². The van der Waals surface area contributed by atoms with E-state index in [9.17, 15) is 15.8 Å². The molecule has 1 aliphatic rings. The molecular formula is C46H29N5. The molecule has 0 radical (unpaired) electrons. The van der Waals surface area contributed by atoms with E-state index < -0.39 is 0 Å². The maximum absolute atomic E-state index is 10.2. The van der Waals surface area contributed by atoms with Gasteiger partial charge in [0, 0.05) is 32.8 Å². The number of aromatic nitrogens is 2. The van der Waals surface area contributed by atoms with Gasteiger partial charge in [0.25, 0.3) is 0 Å². The Morgan fingerprint density at radius 2 is 1.18 bits per heavy atom. The van der Waals surface area contributed by atoms with Crippen molar-refractivity contribution in [1.29, 1.82) is 15.8 Å². The molecule has 1 atom stereocenters. The summed E-state index contributed by atoms with van der Waals surface area (Å²) in [7, 11) is 0. The van der Waals surface area contributed by atoms with Gasteiger partial charge in [0.1, 0.15) is 0 Å². The highest BCUT2D eigenvalue weighted by molar-refractivity contribution is 6.11. The predicted octanol–water partition coefficient (Wildman–Crippen LogP) is 10.8. The molecule has 5 heteroatoms. The zero-order valence-electron chi connectivity index (χ0n) is 27.6. The van der Waals surface area contributed by atoms with Crippen LogP contribution in [0.2, 0.25) is 0 Å².